The van der Waals surface area contributed by atoms with E-state index in [-0.39, 0.29) is 6.04 Å². The van der Waals surface area contributed by atoms with Crippen LogP contribution >= 0.6 is 0 Å². The number of ether oxygens (including phenoxy) is 1. The topological polar surface area (TPSA) is 50.3 Å². The van der Waals surface area contributed by atoms with Gasteiger partial charge in [-0.2, -0.15) is 0 Å². The van der Waals surface area contributed by atoms with E-state index in [0.717, 1.165) is 29.5 Å². The van der Waals surface area contributed by atoms with Crippen molar-refractivity contribution < 1.29 is 4.74 Å². The fourth-order valence-electron chi connectivity index (χ4n) is 3.16. The molecule has 1 atom stereocenters. The molecular formula is C23H28N4O. The molecule has 0 amide bonds. The predicted octanol–water partition coefficient (Wildman–Crippen LogP) is 3.93. The minimum absolute atomic E-state index is 0.173. The molecule has 3 aromatic rings. The van der Waals surface area contributed by atoms with Crippen molar-refractivity contribution in [2.24, 2.45) is 0 Å². The molecule has 0 radical (unpaired) electrons. The Kier molecular flexibility index (Phi) is 6.61. The van der Waals surface area contributed by atoms with Crippen LogP contribution < -0.4 is 15.0 Å². The largest absolute Gasteiger partial charge is 0.497 e. The Hall–Kier alpha value is -2.92. The van der Waals surface area contributed by atoms with Gasteiger partial charge in [-0.15, -0.1) is 0 Å². The first-order valence-corrected chi connectivity index (χ1v) is 9.48. The van der Waals surface area contributed by atoms with Crippen molar-refractivity contribution in [1.29, 1.82) is 0 Å². The second-order valence-corrected chi connectivity index (χ2v) is 7.09. The van der Waals surface area contributed by atoms with Crippen LogP contribution in [-0.4, -0.2) is 31.2 Å². The Balaban J connectivity index is 1.80. The minimum atomic E-state index is 0.173. The van der Waals surface area contributed by atoms with Crippen molar-refractivity contribution in [3.63, 3.8) is 0 Å². The Labute approximate surface area is 167 Å². The first-order chi connectivity index (χ1) is 13.5. The van der Waals surface area contributed by atoms with Crippen LogP contribution in [0.4, 0.5) is 5.95 Å². The van der Waals surface area contributed by atoms with E-state index < -0.39 is 0 Å². The van der Waals surface area contributed by atoms with Crippen molar-refractivity contribution in [2.45, 2.75) is 25.9 Å². The summed E-state index contributed by atoms with van der Waals surface area (Å²) in [6, 6.07) is 21.0. The SMILES string of the molecule is COc1cccc(C[C@H](NCc2cc(C)nc(N(C)C)n2)c2ccccc2)c1. The summed E-state index contributed by atoms with van der Waals surface area (Å²) in [5, 5.41) is 3.68. The third-order valence-corrected chi connectivity index (χ3v) is 4.60. The summed E-state index contributed by atoms with van der Waals surface area (Å²) in [5.74, 6) is 1.62. The number of methoxy groups -OCH3 is 1. The number of nitrogens with one attached hydrogen (secondary N) is 1. The van der Waals surface area contributed by atoms with Crippen LogP contribution in [0, 0.1) is 6.92 Å². The number of hydrogen-bond acceptors (Lipinski definition) is 5. The Morgan fingerprint density at radius 1 is 1.00 bits per heavy atom. The molecule has 146 valence electrons. The lowest BCUT2D eigenvalue weighted by Crippen LogP contribution is -2.24. The van der Waals surface area contributed by atoms with E-state index in [2.05, 4.69) is 51.7 Å². The van der Waals surface area contributed by atoms with Crippen LogP contribution in [-0.2, 0) is 13.0 Å². The van der Waals surface area contributed by atoms with Crippen LogP contribution in [0.15, 0.2) is 60.7 Å². The quantitative estimate of drug-likeness (QED) is 0.645. The monoisotopic (exact) mass is 376 g/mol. The van der Waals surface area contributed by atoms with Gasteiger partial charge >= 0.3 is 0 Å². The zero-order valence-corrected chi connectivity index (χ0v) is 17.0. The highest BCUT2D eigenvalue weighted by Gasteiger charge is 2.13. The van der Waals surface area contributed by atoms with Crippen molar-refractivity contribution in [2.75, 3.05) is 26.1 Å². The highest BCUT2D eigenvalue weighted by molar-refractivity contribution is 5.32. The standard InChI is InChI=1S/C23H28N4O/c1-17-13-20(26-23(25-17)27(2)3)16-24-22(19-10-6-5-7-11-19)15-18-9-8-12-21(14-18)28-4/h5-14,22,24H,15-16H2,1-4H3/t22-/m0/s1. The van der Waals surface area contributed by atoms with Crippen molar-refractivity contribution in [1.82, 2.24) is 15.3 Å². The summed E-state index contributed by atoms with van der Waals surface area (Å²) >= 11 is 0. The molecule has 0 aliphatic carbocycles. The van der Waals surface area contributed by atoms with E-state index >= 15 is 0 Å². The van der Waals surface area contributed by atoms with Crippen LogP contribution in [0.1, 0.15) is 28.6 Å². The van der Waals surface area contributed by atoms with Crippen LogP contribution in [0.2, 0.25) is 0 Å². The molecule has 0 saturated carbocycles. The van der Waals surface area contributed by atoms with Gasteiger partial charge in [-0.3, -0.25) is 0 Å². The lowest BCUT2D eigenvalue weighted by atomic mass is 9.98. The molecule has 0 spiro atoms. The van der Waals surface area contributed by atoms with Crippen LogP contribution in [0.5, 0.6) is 5.75 Å². The van der Waals surface area contributed by atoms with Crippen molar-refractivity contribution in [3.8, 4) is 5.75 Å². The summed E-state index contributed by atoms with van der Waals surface area (Å²) in [6.07, 6.45) is 0.867. The molecule has 1 aromatic heterocycles. The first kappa shape index (κ1) is 19.8. The second kappa shape index (κ2) is 9.33. The maximum absolute atomic E-state index is 5.38. The van der Waals surface area contributed by atoms with E-state index in [4.69, 9.17) is 4.74 Å². The Morgan fingerprint density at radius 3 is 2.50 bits per heavy atom. The predicted molar refractivity (Wildman–Crippen MR) is 114 cm³/mol. The first-order valence-electron chi connectivity index (χ1n) is 9.48. The van der Waals surface area contributed by atoms with E-state index in [0.29, 0.717) is 6.54 Å². The number of benzene rings is 2. The van der Waals surface area contributed by atoms with Gasteiger partial charge in [0.15, 0.2) is 0 Å². The molecule has 0 bridgehead atoms. The summed E-state index contributed by atoms with van der Waals surface area (Å²) in [7, 11) is 5.62. The van der Waals surface area contributed by atoms with Gasteiger partial charge in [-0.1, -0.05) is 42.5 Å². The van der Waals surface area contributed by atoms with E-state index in [9.17, 15) is 0 Å². The fraction of sp³-hybridized carbons (Fsp3) is 0.304. The smallest absolute Gasteiger partial charge is 0.225 e. The zero-order valence-electron chi connectivity index (χ0n) is 17.0. The Morgan fingerprint density at radius 2 is 1.79 bits per heavy atom. The molecule has 5 nitrogen and oxygen atoms in total. The van der Waals surface area contributed by atoms with Gasteiger partial charge in [-0.25, -0.2) is 9.97 Å². The summed E-state index contributed by atoms with van der Waals surface area (Å²) < 4.78 is 5.38. The van der Waals surface area contributed by atoms with Crippen LogP contribution in [0.25, 0.3) is 0 Å². The molecular weight excluding hydrogens is 348 g/mol. The number of aromatic nitrogens is 2. The molecule has 0 aliphatic rings. The molecule has 0 fully saturated rings. The number of nitrogens with zero attached hydrogens (tertiary/aromatic N) is 3. The van der Waals surface area contributed by atoms with E-state index in [1.54, 1.807) is 7.11 Å². The molecule has 5 heteroatoms. The summed E-state index contributed by atoms with van der Waals surface area (Å²) in [5.41, 5.74) is 4.44. The van der Waals surface area contributed by atoms with Gasteiger partial charge in [0.25, 0.3) is 0 Å². The minimum Gasteiger partial charge on any atom is -0.497 e. The molecule has 0 unspecified atom stereocenters. The third kappa shape index (κ3) is 5.30. The molecule has 0 aliphatic heterocycles. The molecule has 3 rings (SSSR count). The molecule has 1 N–H and O–H groups in total. The maximum atomic E-state index is 5.38. The van der Waals surface area contributed by atoms with Crippen molar-refractivity contribution in [3.05, 3.63) is 83.2 Å². The summed E-state index contributed by atoms with van der Waals surface area (Å²) in [6.45, 7) is 2.68. The van der Waals surface area contributed by atoms with Gasteiger partial charge in [-0.05, 0) is 42.7 Å². The normalized spacial score (nSPS) is 11.9. The molecule has 1 heterocycles. The third-order valence-electron chi connectivity index (χ3n) is 4.60. The average Bonchev–Trinajstić information content (AvgIpc) is 2.71. The van der Waals surface area contributed by atoms with E-state index in [1.165, 1.54) is 11.1 Å². The van der Waals surface area contributed by atoms with Gasteiger partial charge in [0.2, 0.25) is 5.95 Å². The molecule has 2 aromatic carbocycles. The number of anilines is 1. The van der Waals surface area contributed by atoms with Gasteiger partial charge in [0.05, 0.1) is 12.8 Å². The lowest BCUT2D eigenvalue weighted by molar-refractivity contribution is 0.413. The fourth-order valence-corrected chi connectivity index (χ4v) is 3.16. The maximum Gasteiger partial charge on any atom is 0.225 e. The van der Waals surface area contributed by atoms with Crippen molar-refractivity contribution >= 4 is 5.95 Å². The van der Waals surface area contributed by atoms with Gasteiger partial charge in [0, 0.05) is 32.4 Å². The average molecular weight is 377 g/mol. The highest BCUT2D eigenvalue weighted by Crippen LogP contribution is 2.22. The highest BCUT2D eigenvalue weighted by atomic mass is 16.5. The zero-order chi connectivity index (χ0) is 19.9. The lowest BCUT2D eigenvalue weighted by Gasteiger charge is -2.20. The Bertz CT molecular complexity index is 896. The van der Waals surface area contributed by atoms with E-state index in [1.807, 2.05) is 50.2 Å². The molecule has 28 heavy (non-hydrogen) atoms. The summed E-state index contributed by atoms with van der Waals surface area (Å²) in [4.78, 5) is 11.1. The number of hydrogen-bond donors (Lipinski definition) is 1. The second-order valence-electron chi connectivity index (χ2n) is 7.09. The number of aryl methyl sites for hydroxylation is 1. The number of rotatable bonds is 8. The molecule has 0 saturated heterocycles. The van der Waals surface area contributed by atoms with Crippen LogP contribution in [0.3, 0.4) is 0 Å². The van der Waals surface area contributed by atoms with Gasteiger partial charge < -0.3 is 15.0 Å². The van der Waals surface area contributed by atoms with Gasteiger partial charge in [0.1, 0.15) is 5.75 Å².